The molecule has 0 aliphatic heterocycles. The molecule has 2 nitrogen and oxygen atoms in total. The standard InChI is InChI=1S/C12H14BrClN2/c1-7(2)11-10(5-14)16-6-9(13)4-8(3)12(16)15-11/h4,6-7H,5H2,1-3H3. The lowest BCUT2D eigenvalue weighted by Crippen LogP contribution is -1.96. The van der Waals surface area contributed by atoms with Gasteiger partial charge in [-0.15, -0.1) is 11.6 Å². The van der Waals surface area contributed by atoms with Crippen molar-refractivity contribution in [3.05, 3.63) is 33.7 Å². The third-order valence-electron chi connectivity index (χ3n) is 2.67. The molecule has 0 radical (unpaired) electrons. The Hall–Kier alpha value is -0.540. The molecular formula is C12H14BrClN2. The van der Waals surface area contributed by atoms with Gasteiger partial charge in [-0.05, 0) is 40.4 Å². The summed E-state index contributed by atoms with van der Waals surface area (Å²) in [5, 5.41) is 0. The fourth-order valence-corrected chi connectivity index (χ4v) is 2.74. The average molecular weight is 302 g/mol. The van der Waals surface area contributed by atoms with Crippen molar-refractivity contribution in [3.8, 4) is 0 Å². The number of halogens is 2. The number of imidazole rings is 1. The van der Waals surface area contributed by atoms with Gasteiger partial charge in [0.1, 0.15) is 5.65 Å². The Bertz CT molecular complexity index is 531. The van der Waals surface area contributed by atoms with Gasteiger partial charge in [-0.2, -0.15) is 0 Å². The van der Waals surface area contributed by atoms with E-state index >= 15 is 0 Å². The normalized spacial score (nSPS) is 11.6. The highest BCUT2D eigenvalue weighted by Gasteiger charge is 2.15. The fraction of sp³-hybridized carbons (Fsp3) is 0.417. The second kappa shape index (κ2) is 4.38. The van der Waals surface area contributed by atoms with Gasteiger partial charge in [0.25, 0.3) is 0 Å². The van der Waals surface area contributed by atoms with Gasteiger partial charge in [-0.3, -0.25) is 0 Å². The number of alkyl halides is 1. The number of rotatable bonds is 2. The van der Waals surface area contributed by atoms with Gasteiger partial charge in [0.15, 0.2) is 0 Å². The second-order valence-corrected chi connectivity index (χ2v) is 5.45. The summed E-state index contributed by atoms with van der Waals surface area (Å²) in [7, 11) is 0. The molecule has 0 N–H and O–H groups in total. The molecule has 0 aliphatic rings. The molecule has 86 valence electrons. The van der Waals surface area contributed by atoms with Crippen LogP contribution in [0.3, 0.4) is 0 Å². The van der Waals surface area contributed by atoms with E-state index in [0.29, 0.717) is 11.8 Å². The first-order valence-corrected chi connectivity index (χ1v) is 6.60. The maximum Gasteiger partial charge on any atom is 0.140 e. The summed E-state index contributed by atoms with van der Waals surface area (Å²) in [6, 6.07) is 2.07. The minimum absolute atomic E-state index is 0.395. The first-order valence-electron chi connectivity index (χ1n) is 5.27. The predicted molar refractivity (Wildman–Crippen MR) is 71.3 cm³/mol. The second-order valence-electron chi connectivity index (χ2n) is 4.27. The molecule has 2 aromatic rings. The Labute approximate surface area is 109 Å². The highest BCUT2D eigenvalue weighted by molar-refractivity contribution is 9.10. The zero-order valence-corrected chi connectivity index (χ0v) is 11.9. The Morgan fingerprint density at radius 3 is 2.75 bits per heavy atom. The van der Waals surface area contributed by atoms with Gasteiger partial charge in [0.2, 0.25) is 0 Å². The van der Waals surface area contributed by atoms with E-state index in [1.807, 2.05) is 6.20 Å². The fourth-order valence-electron chi connectivity index (χ4n) is 1.93. The van der Waals surface area contributed by atoms with Crippen LogP contribution < -0.4 is 0 Å². The quantitative estimate of drug-likeness (QED) is 0.757. The molecule has 0 aliphatic carbocycles. The van der Waals surface area contributed by atoms with Crippen LogP contribution in [0.25, 0.3) is 5.65 Å². The largest absolute Gasteiger partial charge is 0.301 e. The van der Waals surface area contributed by atoms with Crippen LogP contribution in [-0.4, -0.2) is 9.38 Å². The Kier molecular flexibility index (Phi) is 3.27. The minimum atomic E-state index is 0.395. The Morgan fingerprint density at radius 1 is 1.50 bits per heavy atom. The lowest BCUT2D eigenvalue weighted by molar-refractivity contribution is 0.818. The molecule has 0 amide bonds. The van der Waals surface area contributed by atoms with E-state index in [0.717, 1.165) is 27.1 Å². The van der Waals surface area contributed by atoms with Crippen LogP contribution >= 0.6 is 27.5 Å². The summed E-state index contributed by atoms with van der Waals surface area (Å²) in [5.41, 5.74) is 4.35. The highest BCUT2D eigenvalue weighted by Crippen LogP contribution is 2.25. The zero-order valence-electron chi connectivity index (χ0n) is 9.59. The lowest BCUT2D eigenvalue weighted by atomic mass is 10.1. The van der Waals surface area contributed by atoms with Gasteiger partial charge in [0.05, 0.1) is 17.3 Å². The molecule has 0 saturated heterocycles. The van der Waals surface area contributed by atoms with E-state index in [9.17, 15) is 0 Å². The van der Waals surface area contributed by atoms with Gasteiger partial charge >= 0.3 is 0 Å². The van der Waals surface area contributed by atoms with Gasteiger partial charge in [0, 0.05) is 10.7 Å². The van der Waals surface area contributed by atoms with Crippen molar-refractivity contribution in [2.45, 2.75) is 32.6 Å². The molecule has 2 rings (SSSR count). The first kappa shape index (κ1) is 11.9. The maximum atomic E-state index is 6.03. The third-order valence-corrected chi connectivity index (χ3v) is 3.36. The van der Waals surface area contributed by atoms with Crippen LogP contribution in [0.1, 0.15) is 36.7 Å². The van der Waals surface area contributed by atoms with Crippen molar-refractivity contribution in [2.75, 3.05) is 0 Å². The summed E-state index contributed by atoms with van der Waals surface area (Å²) in [6.07, 6.45) is 2.03. The van der Waals surface area contributed by atoms with Crippen molar-refractivity contribution in [1.82, 2.24) is 9.38 Å². The monoisotopic (exact) mass is 300 g/mol. The Morgan fingerprint density at radius 2 is 2.19 bits per heavy atom. The van der Waals surface area contributed by atoms with E-state index in [-0.39, 0.29) is 0 Å². The molecule has 4 heteroatoms. The molecule has 0 saturated carbocycles. The molecule has 2 aromatic heterocycles. The first-order chi connectivity index (χ1) is 7.54. The number of aryl methyl sites for hydroxylation is 1. The topological polar surface area (TPSA) is 17.3 Å². The van der Waals surface area contributed by atoms with E-state index < -0.39 is 0 Å². The van der Waals surface area contributed by atoms with Crippen molar-refractivity contribution >= 4 is 33.2 Å². The highest BCUT2D eigenvalue weighted by atomic mass is 79.9. The zero-order chi connectivity index (χ0) is 11.9. The van der Waals surface area contributed by atoms with Crippen molar-refractivity contribution in [1.29, 1.82) is 0 Å². The van der Waals surface area contributed by atoms with Crippen LogP contribution in [0.5, 0.6) is 0 Å². The van der Waals surface area contributed by atoms with Crippen LogP contribution in [0, 0.1) is 6.92 Å². The molecule has 0 atom stereocenters. The molecular weight excluding hydrogens is 288 g/mol. The average Bonchev–Trinajstić information content (AvgIpc) is 2.56. The molecule has 0 bridgehead atoms. The predicted octanol–water partition coefficient (Wildman–Crippen LogP) is 4.27. The van der Waals surface area contributed by atoms with E-state index in [2.05, 4.69) is 52.2 Å². The Balaban J connectivity index is 2.82. The number of hydrogen-bond donors (Lipinski definition) is 0. The summed E-state index contributed by atoms with van der Waals surface area (Å²) in [4.78, 5) is 4.68. The molecule has 0 aromatic carbocycles. The van der Waals surface area contributed by atoms with E-state index in [1.165, 1.54) is 0 Å². The molecule has 0 unspecified atom stereocenters. The number of hydrogen-bond acceptors (Lipinski definition) is 1. The number of aromatic nitrogens is 2. The van der Waals surface area contributed by atoms with Crippen molar-refractivity contribution in [2.24, 2.45) is 0 Å². The summed E-state index contributed by atoms with van der Waals surface area (Å²) >= 11 is 9.53. The summed E-state index contributed by atoms with van der Waals surface area (Å²) < 4.78 is 3.14. The van der Waals surface area contributed by atoms with E-state index in [4.69, 9.17) is 11.6 Å². The molecule has 16 heavy (non-hydrogen) atoms. The lowest BCUT2D eigenvalue weighted by Gasteiger charge is -2.04. The van der Waals surface area contributed by atoms with Gasteiger partial charge in [-0.25, -0.2) is 4.98 Å². The van der Waals surface area contributed by atoms with Crippen LogP contribution in [0.4, 0.5) is 0 Å². The van der Waals surface area contributed by atoms with Crippen LogP contribution in [0.15, 0.2) is 16.7 Å². The summed E-state index contributed by atoms with van der Waals surface area (Å²) in [5.74, 6) is 0.886. The van der Waals surface area contributed by atoms with E-state index in [1.54, 1.807) is 0 Å². The van der Waals surface area contributed by atoms with Gasteiger partial charge in [-0.1, -0.05) is 13.8 Å². The van der Waals surface area contributed by atoms with Crippen molar-refractivity contribution < 1.29 is 0 Å². The number of pyridine rings is 1. The number of fused-ring (bicyclic) bond motifs is 1. The molecule has 0 spiro atoms. The molecule has 2 heterocycles. The van der Waals surface area contributed by atoms with Crippen molar-refractivity contribution in [3.63, 3.8) is 0 Å². The maximum absolute atomic E-state index is 6.03. The van der Waals surface area contributed by atoms with Gasteiger partial charge < -0.3 is 4.40 Å². The van der Waals surface area contributed by atoms with Crippen LogP contribution in [-0.2, 0) is 5.88 Å². The third kappa shape index (κ3) is 1.87. The smallest absolute Gasteiger partial charge is 0.140 e. The number of nitrogens with zero attached hydrogens (tertiary/aromatic N) is 2. The SMILES string of the molecule is Cc1cc(Br)cn2c(CCl)c(C(C)C)nc12. The molecule has 0 fully saturated rings. The minimum Gasteiger partial charge on any atom is -0.301 e. The van der Waals surface area contributed by atoms with Crippen LogP contribution in [0.2, 0.25) is 0 Å². The summed E-state index contributed by atoms with van der Waals surface area (Å²) in [6.45, 7) is 6.35.